The van der Waals surface area contributed by atoms with Gasteiger partial charge in [-0.3, -0.25) is 9.69 Å². The lowest BCUT2D eigenvalue weighted by atomic mass is 9.89. The Morgan fingerprint density at radius 2 is 1.79 bits per heavy atom. The molecule has 3 heteroatoms. The van der Waals surface area contributed by atoms with Gasteiger partial charge in [-0.1, -0.05) is 30.3 Å². The third-order valence-corrected chi connectivity index (χ3v) is 6.01. The molecule has 24 heavy (non-hydrogen) atoms. The Morgan fingerprint density at radius 3 is 2.46 bits per heavy atom. The molecule has 0 aromatic heterocycles. The normalized spacial score (nSPS) is 24.8. The fraction of sp³-hybridized carbons (Fsp3) is 0.667. The number of hydrogen-bond donors (Lipinski definition) is 0. The average molecular weight is 329 g/mol. The number of likely N-dealkylation sites (tertiary alicyclic amines) is 2. The van der Waals surface area contributed by atoms with Crippen molar-refractivity contribution in [2.45, 2.75) is 64.5 Å². The Kier molecular flexibility index (Phi) is 5.94. The first-order chi connectivity index (χ1) is 11.6. The predicted octanol–water partition coefficient (Wildman–Crippen LogP) is 3.73. The Bertz CT molecular complexity index is 522. The molecule has 0 spiro atoms. The first-order valence-electron chi connectivity index (χ1n) is 9.73. The molecule has 0 unspecified atom stereocenters. The molecule has 2 aliphatic rings. The van der Waals surface area contributed by atoms with Crippen LogP contribution in [0, 0.1) is 5.92 Å². The SMILES string of the molecule is C[C@@H]1CCCCN1C(=O)[C@H](C)N1CCC(Cc2ccccc2)CC1. The molecule has 2 aliphatic heterocycles. The van der Waals surface area contributed by atoms with Crippen LogP contribution in [0.3, 0.4) is 0 Å². The first kappa shape index (κ1) is 17.5. The standard InChI is InChI=1S/C21H32N2O/c1-17-8-6-7-13-23(17)21(24)18(2)22-14-11-20(12-15-22)16-19-9-4-3-5-10-19/h3-5,9-10,17-18,20H,6-8,11-16H2,1-2H3/t17-,18+/m1/s1. The highest BCUT2D eigenvalue weighted by Crippen LogP contribution is 2.24. The molecule has 0 N–H and O–H groups in total. The maximum atomic E-state index is 12.9. The summed E-state index contributed by atoms with van der Waals surface area (Å²) in [4.78, 5) is 17.4. The lowest BCUT2D eigenvalue weighted by Gasteiger charge is -2.40. The summed E-state index contributed by atoms with van der Waals surface area (Å²) in [7, 11) is 0. The number of carbonyl (C=O) groups is 1. The van der Waals surface area contributed by atoms with Crippen molar-refractivity contribution in [3.8, 4) is 0 Å². The molecular weight excluding hydrogens is 296 g/mol. The van der Waals surface area contributed by atoms with Gasteiger partial charge in [0.2, 0.25) is 5.91 Å². The molecule has 1 amide bonds. The van der Waals surface area contributed by atoms with Crippen LogP contribution < -0.4 is 0 Å². The summed E-state index contributed by atoms with van der Waals surface area (Å²) in [5, 5.41) is 0. The van der Waals surface area contributed by atoms with Crippen LogP contribution in [0.15, 0.2) is 30.3 Å². The van der Waals surface area contributed by atoms with Gasteiger partial charge < -0.3 is 4.90 Å². The molecule has 0 saturated carbocycles. The lowest BCUT2D eigenvalue weighted by Crippen LogP contribution is -2.53. The van der Waals surface area contributed by atoms with E-state index >= 15 is 0 Å². The van der Waals surface area contributed by atoms with Crippen LogP contribution in [0.5, 0.6) is 0 Å². The second-order valence-corrected chi connectivity index (χ2v) is 7.72. The van der Waals surface area contributed by atoms with Gasteiger partial charge in [0.05, 0.1) is 6.04 Å². The van der Waals surface area contributed by atoms with E-state index in [9.17, 15) is 4.79 Å². The second kappa shape index (κ2) is 8.15. The van der Waals surface area contributed by atoms with Gasteiger partial charge in [-0.05, 0) is 76.9 Å². The molecule has 2 atom stereocenters. The first-order valence-corrected chi connectivity index (χ1v) is 9.73. The molecule has 0 aliphatic carbocycles. The van der Waals surface area contributed by atoms with Gasteiger partial charge in [0.25, 0.3) is 0 Å². The predicted molar refractivity (Wildman–Crippen MR) is 98.9 cm³/mol. The van der Waals surface area contributed by atoms with Gasteiger partial charge >= 0.3 is 0 Å². The van der Waals surface area contributed by atoms with Crippen molar-refractivity contribution in [1.29, 1.82) is 0 Å². The zero-order valence-electron chi connectivity index (χ0n) is 15.3. The van der Waals surface area contributed by atoms with Crippen molar-refractivity contribution in [3.05, 3.63) is 35.9 Å². The third kappa shape index (κ3) is 4.18. The van der Waals surface area contributed by atoms with E-state index in [1.165, 1.54) is 37.7 Å². The largest absolute Gasteiger partial charge is 0.339 e. The fourth-order valence-corrected chi connectivity index (χ4v) is 4.31. The molecule has 3 nitrogen and oxygen atoms in total. The number of hydrogen-bond acceptors (Lipinski definition) is 2. The highest BCUT2D eigenvalue weighted by atomic mass is 16.2. The van der Waals surface area contributed by atoms with Crippen molar-refractivity contribution >= 4 is 5.91 Å². The topological polar surface area (TPSA) is 23.6 Å². The fourth-order valence-electron chi connectivity index (χ4n) is 4.31. The van der Waals surface area contributed by atoms with E-state index in [0.29, 0.717) is 11.9 Å². The number of piperidine rings is 2. The van der Waals surface area contributed by atoms with E-state index in [2.05, 4.69) is 54.0 Å². The second-order valence-electron chi connectivity index (χ2n) is 7.72. The van der Waals surface area contributed by atoms with Crippen LogP contribution >= 0.6 is 0 Å². The molecule has 3 rings (SSSR count). The Labute approximate surface area is 147 Å². The zero-order chi connectivity index (χ0) is 16.9. The van der Waals surface area contributed by atoms with Crippen molar-refractivity contribution < 1.29 is 4.79 Å². The zero-order valence-corrected chi connectivity index (χ0v) is 15.3. The van der Waals surface area contributed by atoms with Gasteiger partial charge in [-0.25, -0.2) is 0 Å². The van der Waals surface area contributed by atoms with Crippen LogP contribution in [0.2, 0.25) is 0 Å². The van der Waals surface area contributed by atoms with Crippen LogP contribution in [0.4, 0.5) is 0 Å². The molecule has 1 aromatic carbocycles. The summed E-state index contributed by atoms with van der Waals surface area (Å²) >= 11 is 0. The van der Waals surface area contributed by atoms with E-state index in [0.717, 1.165) is 32.0 Å². The van der Waals surface area contributed by atoms with Crippen LogP contribution in [0.1, 0.15) is 51.5 Å². The Hall–Kier alpha value is -1.35. The number of nitrogens with zero attached hydrogens (tertiary/aromatic N) is 2. The van der Waals surface area contributed by atoms with Crippen molar-refractivity contribution in [3.63, 3.8) is 0 Å². The monoisotopic (exact) mass is 328 g/mol. The maximum Gasteiger partial charge on any atom is 0.239 e. The van der Waals surface area contributed by atoms with Crippen molar-refractivity contribution in [2.24, 2.45) is 5.92 Å². The summed E-state index contributed by atoms with van der Waals surface area (Å²) in [6.07, 6.45) is 7.20. The minimum Gasteiger partial charge on any atom is -0.339 e. The number of benzene rings is 1. The quantitative estimate of drug-likeness (QED) is 0.841. The van der Waals surface area contributed by atoms with Gasteiger partial charge in [-0.2, -0.15) is 0 Å². The van der Waals surface area contributed by atoms with Crippen LogP contribution in [0.25, 0.3) is 0 Å². The van der Waals surface area contributed by atoms with Crippen molar-refractivity contribution in [1.82, 2.24) is 9.80 Å². The van der Waals surface area contributed by atoms with E-state index in [1.54, 1.807) is 0 Å². The molecule has 0 radical (unpaired) electrons. The van der Waals surface area contributed by atoms with Gasteiger partial charge in [-0.15, -0.1) is 0 Å². The Morgan fingerprint density at radius 1 is 1.08 bits per heavy atom. The minimum absolute atomic E-state index is 0.0447. The lowest BCUT2D eigenvalue weighted by molar-refractivity contribution is -0.140. The van der Waals surface area contributed by atoms with Crippen LogP contribution in [-0.4, -0.2) is 47.4 Å². The molecular formula is C21H32N2O. The van der Waals surface area contributed by atoms with Gasteiger partial charge in [0.15, 0.2) is 0 Å². The number of carbonyl (C=O) groups excluding carboxylic acids is 1. The summed E-state index contributed by atoms with van der Waals surface area (Å²) in [6, 6.07) is 11.3. The molecule has 2 fully saturated rings. The maximum absolute atomic E-state index is 12.9. The third-order valence-electron chi connectivity index (χ3n) is 6.01. The van der Waals surface area contributed by atoms with E-state index in [1.807, 2.05) is 0 Å². The average Bonchev–Trinajstić information content (AvgIpc) is 2.62. The summed E-state index contributed by atoms with van der Waals surface area (Å²) in [5.74, 6) is 1.11. The van der Waals surface area contributed by atoms with Crippen LogP contribution in [-0.2, 0) is 11.2 Å². The number of amides is 1. The highest BCUT2D eigenvalue weighted by Gasteiger charge is 2.32. The summed E-state index contributed by atoms with van der Waals surface area (Å²) in [6.45, 7) is 7.39. The van der Waals surface area contributed by atoms with E-state index in [4.69, 9.17) is 0 Å². The van der Waals surface area contributed by atoms with E-state index in [-0.39, 0.29) is 6.04 Å². The molecule has 132 valence electrons. The van der Waals surface area contributed by atoms with Gasteiger partial charge in [0, 0.05) is 12.6 Å². The van der Waals surface area contributed by atoms with Crippen molar-refractivity contribution in [2.75, 3.05) is 19.6 Å². The van der Waals surface area contributed by atoms with E-state index < -0.39 is 0 Å². The number of rotatable bonds is 4. The summed E-state index contributed by atoms with van der Waals surface area (Å²) in [5.41, 5.74) is 1.45. The minimum atomic E-state index is 0.0447. The molecule has 2 heterocycles. The molecule has 2 saturated heterocycles. The Balaban J connectivity index is 1.49. The molecule has 0 bridgehead atoms. The summed E-state index contributed by atoms with van der Waals surface area (Å²) < 4.78 is 0. The molecule has 1 aromatic rings. The smallest absolute Gasteiger partial charge is 0.239 e. The van der Waals surface area contributed by atoms with Gasteiger partial charge in [0.1, 0.15) is 0 Å². The highest BCUT2D eigenvalue weighted by molar-refractivity contribution is 5.81.